The Bertz CT molecular complexity index is 624. The van der Waals surface area contributed by atoms with Crippen LogP contribution in [0.5, 0.6) is 0 Å². The van der Waals surface area contributed by atoms with Crippen LogP contribution in [0.2, 0.25) is 0 Å². The van der Waals surface area contributed by atoms with Crippen LogP contribution in [0.3, 0.4) is 0 Å². The van der Waals surface area contributed by atoms with Gasteiger partial charge < -0.3 is 10.2 Å². The number of nitrogens with zero attached hydrogens (tertiary/aromatic N) is 2. The Morgan fingerprint density at radius 3 is 2.44 bits per heavy atom. The Hall–Kier alpha value is -1.88. The maximum absolute atomic E-state index is 12.6. The van der Waals surface area contributed by atoms with E-state index in [-0.39, 0.29) is 23.7 Å². The fourth-order valence-electron chi connectivity index (χ4n) is 4.30. The van der Waals surface area contributed by atoms with E-state index >= 15 is 0 Å². The van der Waals surface area contributed by atoms with Crippen molar-refractivity contribution in [1.29, 1.82) is 0 Å². The van der Waals surface area contributed by atoms with Crippen molar-refractivity contribution in [1.82, 2.24) is 15.1 Å². The second-order valence-electron chi connectivity index (χ2n) is 8.25. The molecular weight excluding hydrogens is 338 g/mol. The van der Waals surface area contributed by atoms with Crippen molar-refractivity contribution in [3.63, 3.8) is 0 Å². The Labute approximate surface area is 163 Å². The number of piperidine rings is 2. The summed E-state index contributed by atoms with van der Waals surface area (Å²) in [5.41, 5.74) is 1.14. The van der Waals surface area contributed by atoms with Crippen LogP contribution < -0.4 is 5.32 Å². The summed E-state index contributed by atoms with van der Waals surface area (Å²) in [6.07, 6.45) is 4.10. The molecule has 3 rings (SSSR count). The van der Waals surface area contributed by atoms with Gasteiger partial charge in [-0.1, -0.05) is 44.2 Å². The number of nitrogens with one attached hydrogen (secondary N) is 1. The normalized spacial score (nSPS) is 22.0. The van der Waals surface area contributed by atoms with Crippen LogP contribution in [0, 0.1) is 11.8 Å². The smallest absolute Gasteiger partial charge is 0.225 e. The summed E-state index contributed by atoms with van der Waals surface area (Å²) >= 11 is 0. The van der Waals surface area contributed by atoms with E-state index in [1.54, 1.807) is 0 Å². The lowest BCUT2D eigenvalue weighted by molar-refractivity contribution is -0.136. The third-order valence-electron chi connectivity index (χ3n) is 5.92. The second kappa shape index (κ2) is 9.36. The summed E-state index contributed by atoms with van der Waals surface area (Å²) in [5, 5.41) is 3.11. The lowest BCUT2D eigenvalue weighted by Crippen LogP contribution is -2.52. The molecule has 148 valence electrons. The molecule has 0 radical (unpaired) electrons. The van der Waals surface area contributed by atoms with E-state index in [1.165, 1.54) is 0 Å². The number of likely N-dealkylation sites (tertiary alicyclic amines) is 2. The summed E-state index contributed by atoms with van der Waals surface area (Å²) in [6.45, 7) is 8.17. The van der Waals surface area contributed by atoms with Crippen molar-refractivity contribution in [2.75, 3.05) is 26.2 Å². The molecule has 0 saturated carbocycles. The molecule has 2 heterocycles. The molecule has 1 unspecified atom stereocenters. The number of hydrogen-bond acceptors (Lipinski definition) is 3. The van der Waals surface area contributed by atoms with Gasteiger partial charge in [-0.2, -0.15) is 0 Å². The van der Waals surface area contributed by atoms with Gasteiger partial charge in [-0.3, -0.25) is 14.5 Å². The molecule has 1 aromatic rings. The zero-order valence-electron chi connectivity index (χ0n) is 16.7. The minimum atomic E-state index is 0.0780. The molecule has 2 aliphatic rings. The minimum absolute atomic E-state index is 0.0780. The Balaban J connectivity index is 1.46. The third-order valence-corrected chi connectivity index (χ3v) is 5.92. The first kappa shape index (κ1) is 19.9. The van der Waals surface area contributed by atoms with Crippen molar-refractivity contribution in [3.8, 4) is 0 Å². The lowest BCUT2D eigenvalue weighted by atomic mass is 9.93. The van der Waals surface area contributed by atoms with E-state index in [0.717, 1.165) is 57.4 Å². The molecule has 2 amide bonds. The van der Waals surface area contributed by atoms with Crippen molar-refractivity contribution < 1.29 is 9.59 Å². The van der Waals surface area contributed by atoms with Crippen LogP contribution >= 0.6 is 0 Å². The van der Waals surface area contributed by atoms with E-state index in [4.69, 9.17) is 0 Å². The highest BCUT2D eigenvalue weighted by Gasteiger charge is 2.32. The van der Waals surface area contributed by atoms with Gasteiger partial charge in [-0.25, -0.2) is 0 Å². The lowest BCUT2D eigenvalue weighted by Gasteiger charge is -2.42. The number of amides is 2. The molecule has 5 heteroatoms. The molecule has 0 aromatic heterocycles. The van der Waals surface area contributed by atoms with Gasteiger partial charge in [0.2, 0.25) is 11.8 Å². The molecule has 1 N–H and O–H groups in total. The molecule has 2 saturated heterocycles. The predicted molar refractivity (Wildman–Crippen MR) is 107 cm³/mol. The van der Waals surface area contributed by atoms with Gasteiger partial charge in [0, 0.05) is 38.1 Å². The summed E-state index contributed by atoms with van der Waals surface area (Å²) in [4.78, 5) is 29.3. The zero-order valence-corrected chi connectivity index (χ0v) is 16.7. The first-order valence-corrected chi connectivity index (χ1v) is 10.4. The van der Waals surface area contributed by atoms with Crippen LogP contribution in [-0.4, -0.2) is 53.8 Å². The minimum Gasteiger partial charge on any atom is -0.352 e. The summed E-state index contributed by atoms with van der Waals surface area (Å²) in [7, 11) is 0. The average Bonchev–Trinajstić information content (AvgIpc) is 2.72. The molecule has 27 heavy (non-hydrogen) atoms. The first-order chi connectivity index (χ1) is 13.0. The first-order valence-electron chi connectivity index (χ1n) is 10.4. The number of rotatable bonds is 5. The molecule has 2 aliphatic heterocycles. The van der Waals surface area contributed by atoms with E-state index < -0.39 is 0 Å². The number of hydrogen-bond donors (Lipinski definition) is 1. The maximum atomic E-state index is 12.6. The highest BCUT2D eigenvalue weighted by molar-refractivity contribution is 5.79. The van der Waals surface area contributed by atoms with Crippen LogP contribution in [0.4, 0.5) is 0 Å². The predicted octanol–water partition coefficient (Wildman–Crippen LogP) is 2.66. The topological polar surface area (TPSA) is 52.7 Å². The van der Waals surface area contributed by atoms with Gasteiger partial charge in [-0.05, 0) is 37.8 Å². The van der Waals surface area contributed by atoms with Crippen molar-refractivity contribution in [2.45, 2.75) is 52.1 Å². The summed E-state index contributed by atoms with van der Waals surface area (Å²) in [5.74, 6) is 0.605. The Kier molecular flexibility index (Phi) is 6.89. The SMILES string of the molecule is CC(C)C(=O)N1CCC(N2CCCC(C(=O)NCc3ccccc3)C2)CC1. The van der Waals surface area contributed by atoms with Crippen LogP contribution in [0.15, 0.2) is 30.3 Å². The molecule has 1 aromatic carbocycles. The largest absolute Gasteiger partial charge is 0.352 e. The van der Waals surface area contributed by atoms with Crippen LogP contribution in [0.25, 0.3) is 0 Å². The number of benzene rings is 1. The molecule has 2 fully saturated rings. The van der Waals surface area contributed by atoms with E-state index in [9.17, 15) is 9.59 Å². The van der Waals surface area contributed by atoms with Gasteiger partial charge in [0.15, 0.2) is 0 Å². The maximum Gasteiger partial charge on any atom is 0.225 e. The fraction of sp³-hybridized carbons (Fsp3) is 0.636. The average molecular weight is 372 g/mol. The van der Waals surface area contributed by atoms with Crippen LogP contribution in [0.1, 0.15) is 45.1 Å². The van der Waals surface area contributed by atoms with E-state index in [1.807, 2.05) is 49.1 Å². The quantitative estimate of drug-likeness (QED) is 0.866. The van der Waals surface area contributed by atoms with Gasteiger partial charge in [0.05, 0.1) is 5.92 Å². The Morgan fingerprint density at radius 2 is 1.78 bits per heavy atom. The highest BCUT2D eigenvalue weighted by Crippen LogP contribution is 2.24. The standard InChI is InChI=1S/C22H33N3O2/c1-17(2)22(27)24-13-10-20(11-14-24)25-12-6-9-19(16-25)21(26)23-15-18-7-4-3-5-8-18/h3-5,7-8,17,19-20H,6,9-16H2,1-2H3,(H,23,26). The molecule has 0 bridgehead atoms. The third kappa shape index (κ3) is 5.32. The van der Waals surface area contributed by atoms with E-state index in [2.05, 4.69) is 10.2 Å². The molecule has 1 atom stereocenters. The van der Waals surface area contributed by atoms with Crippen molar-refractivity contribution in [2.24, 2.45) is 11.8 Å². The van der Waals surface area contributed by atoms with Crippen molar-refractivity contribution >= 4 is 11.8 Å². The highest BCUT2D eigenvalue weighted by atomic mass is 16.2. The monoisotopic (exact) mass is 371 g/mol. The molecule has 0 spiro atoms. The molecule has 5 nitrogen and oxygen atoms in total. The van der Waals surface area contributed by atoms with E-state index in [0.29, 0.717) is 12.6 Å². The fourth-order valence-corrected chi connectivity index (χ4v) is 4.30. The summed E-state index contributed by atoms with van der Waals surface area (Å²) in [6, 6.07) is 10.6. The summed E-state index contributed by atoms with van der Waals surface area (Å²) < 4.78 is 0. The van der Waals surface area contributed by atoms with Crippen LogP contribution in [-0.2, 0) is 16.1 Å². The van der Waals surface area contributed by atoms with Gasteiger partial charge in [-0.15, -0.1) is 0 Å². The number of carbonyl (C=O) groups excluding carboxylic acids is 2. The van der Waals surface area contributed by atoms with Gasteiger partial charge >= 0.3 is 0 Å². The van der Waals surface area contributed by atoms with Gasteiger partial charge in [0.1, 0.15) is 0 Å². The van der Waals surface area contributed by atoms with Crippen molar-refractivity contribution in [3.05, 3.63) is 35.9 Å². The molecular formula is C22H33N3O2. The zero-order chi connectivity index (χ0) is 19.2. The number of carbonyl (C=O) groups is 2. The van der Waals surface area contributed by atoms with Gasteiger partial charge in [0.25, 0.3) is 0 Å². The second-order valence-corrected chi connectivity index (χ2v) is 8.25. The Morgan fingerprint density at radius 1 is 1.07 bits per heavy atom. The molecule has 0 aliphatic carbocycles.